The third kappa shape index (κ3) is 3.75. The van der Waals surface area contributed by atoms with E-state index in [1.807, 2.05) is 18.2 Å². The van der Waals surface area contributed by atoms with Gasteiger partial charge in [-0.1, -0.05) is 36.4 Å². The minimum absolute atomic E-state index is 0.793. The molecule has 0 aliphatic heterocycles. The number of hydrogen-bond acceptors (Lipinski definition) is 2. The zero-order valence-electron chi connectivity index (χ0n) is 11.0. The standard InChI is InChI=1S/C17H19NO/c1-2-5-14(6-3-1)12-18-16-7-4-8-17(11-16)19-13-15-9-10-15/h1-8,11,15,18H,9-10,12-13H2. The number of rotatable bonds is 6. The van der Waals surface area contributed by atoms with Crippen LogP contribution in [-0.2, 0) is 6.54 Å². The highest BCUT2D eigenvalue weighted by Gasteiger charge is 2.21. The number of hydrogen-bond donors (Lipinski definition) is 1. The minimum atomic E-state index is 0.793. The maximum atomic E-state index is 5.78. The predicted octanol–water partition coefficient (Wildman–Crippen LogP) is 4.09. The molecule has 0 bridgehead atoms. The molecular weight excluding hydrogens is 234 g/mol. The van der Waals surface area contributed by atoms with Gasteiger partial charge in [0, 0.05) is 18.3 Å². The van der Waals surface area contributed by atoms with Gasteiger partial charge in [-0.25, -0.2) is 0 Å². The first-order valence-electron chi connectivity index (χ1n) is 6.91. The van der Waals surface area contributed by atoms with E-state index in [0.29, 0.717) is 0 Å². The van der Waals surface area contributed by atoms with Gasteiger partial charge in [-0.05, 0) is 36.5 Å². The van der Waals surface area contributed by atoms with Crippen molar-refractivity contribution < 1.29 is 4.74 Å². The van der Waals surface area contributed by atoms with Crippen LogP contribution < -0.4 is 10.1 Å². The van der Waals surface area contributed by atoms with Crippen molar-refractivity contribution in [2.75, 3.05) is 11.9 Å². The quantitative estimate of drug-likeness (QED) is 0.837. The van der Waals surface area contributed by atoms with E-state index in [1.54, 1.807) is 0 Å². The Hall–Kier alpha value is -1.96. The third-order valence-electron chi connectivity index (χ3n) is 3.36. The lowest BCUT2D eigenvalue weighted by Crippen LogP contribution is -2.01. The molecule has 2 aromatic rings. The lowest BCUT2D eigenvalue weighted by Gasteiger charge is -2.09. The van der Waals surface area contributed by atoms with E-state index in [-0.39, 0.29) is 0 Å². The molecule has 98 valence electrons. The molecule has 1 fully saturated rings. The Morgan fingerprint density at radius 1 is 1.00 bits per heavy atom. The monoisotopic (exact) mass is 253 g/mol. The first-order chi connectivity index (χ1) is 9.40. The molecule has 1 aliphatic rings. The van der Waals surface area contributed by atoms with Crippen molar-refractivity contribution in [3.8, 4) is 5.75 Å². The summed E-state index contributed by atoms with van der Waals surface area (Å²) in [6, 6.07) is 18.6. The average Bonchev–Trinajstić information content (AvgIpc) is 3.29. The van der Waals surface area contributed by atoms with E-state index in [4.69, 9.17) is 4.74 Å². The Morgan fingerprint density at radius 2 is 1.84 bits per heavy atom. The average molecular weight is 253 g/mol. The second-order valence-electron chi connectivity index (χ2n) is 5.12. The van der Waals surface area contributed by atoms with Crippen LogP contribution in [-0.4, -0.2) is 6.61 Å². The van der Waals surface area contributed by atoms with Crippen molar-refractivity contribution in [2.45, 2.75) is 19.4 Å². The molecule has 0 heterocycles. The summed E-state index contributed by atoms with van der Waals surface area (Å²) in [7, 11) is 0. The van der Waals surface area contributed by atoms with E-state index in [1.165, 1.54) is 18.4 Å². The largest absolute Gasteiger partial charge is 0.493 e. The summed E-state index contributed by atoms with van der Waals surface area (Å²) in [5.74, 6) is 1.76. The van der Waals surface area contributed by atoms with Gasteiger partial charge in [-0.3, -0.25) is 0 Å². The fraction of sp³-hybridized carbons (Fsp3) is 0.294. The molecule has 2 aromatic carbocycles. The van der Waals surface area contributed by atoms with Crippen LogP contribution in [0.3, 0.4) is 0 Å². The first kappa shape index (κ1) is 12.1. The number of ether oxygens (including phenoxy) is 1. The van der Waals surface area contributed by atoms with Gasteiger partial charge in [-0.15, -0.1) is 0 Å². The topological polar surface area (TPSA) is 21.3 Å². The summed E-state index contributed by atoms with van der Waals surface area (Å²) < 4.78 is 5.78. The Balaban J connectivity index is 1.56. The van der Waals surface area contributed by atoms with Gasteiger partial charge in [0.25, 0.3) is 0 Å². The predicted molar refractivity (Wildman–Crippen MR) is 78.4 cm³/mol. The highest BCUT2D eigenvalue weighted by molar-refractivity contribution is 5.48. The first-order valence-corrected chi connectivity index (χ1v) is 6.91. The minimum Gasteiger partial charge on any atom is -0.493 e. The lowest BCUT2D eigenvalue weighted by molar-refractivity contribution is 0.300. The van der Waals surface area contributed by atoms with Gasteiger partial charge >= 0.3 is 0 Å². The summed E-state index contributed by atoms with van der Waals surface area (Å²) in [4.78, 5) is 0. The van der Waals surface area contributed by atoms with E-state index >= 15 is 0 Å². The summed E-state index contributed by atoms with van der Waals surface area (Å²) in [6.45, 7) is 1.70. The SMILES string of the molecule is c1ccc(CNc2cccc(OCC3CC3)c2)cc1. The Labute approximate surface area is 114 Å². The van der Waals surface area contributed by atoms with Crippen molar-refractivity contribution >= 4 is 5.69 Å². The highest BCUT2D eigenvalue weighted by atomic mass is 16.5. The summed E-state index contributed by atoms with van der Waals surface area (Å²) >= 11 is 0. The molecule has 0 unspecified atom stereocenters. The van der Waals surface area contributed by atoms with Crippen LogP contribution in [0.2, 0.25) is 0 Å². The fourth-order valence-corrected chi connectivity index (χ4v) is 1.99. The van der Waals surface area contributed by atoms with Gasteiger partial charge in [0.2, 0.25) is 0 Å². The summed E-state index contributed by atoms with van der Waals surface area (Å²) in [5, 5.41) is 3.42. The molecule has 1 saturated carbocycles. The van der Waals surface area contributed by atoms with Gasteiger partial charge in [0.1, 0.15) is 5.75 Å². The van der Waals surface area contributed by atoms with Crippen LogP contribution in [0.1, 0.15) is 18.4 Å². The molecule has 1 N–H and O–H groups in total. The lowest BCUT2D eigenvalue weighted by atomic mass is 10.2. The molecule has 3 rings (SSSR count). The third-order valence-corrected chi connectivity index (χ3v) is 3.36. The molecule has 19 heavy (non-hydrogen) atoms. The van der Waals surface area contributed by atoms with Gasteiger partial charge in [0.05, 0.1) is 6.61 Å². The zero-order valence-corrected chi connectivity index (χ0v) is 11.0. The van der Waals surface area contributed by atoms with Gasteiger partial charge in [-0.2, -0.15) is 0 Å². The highest BCUT2D eigenvalue weighted by Crippen LogP contribution is 2.30. The zero-order chi connectivity index (χ0) is 12.9. The second-order valence-corrected chi connectivity index (χ2v) is 5.12. The summed E-state index contributed by atoms with van der Waals surface area (Å²) in [6.07, 6.45) is 2.65. The van der Waals surface area contributed by atoms with Crippen molar-refractivity contribution in [2.24, 2.45) is 5.92 Å². The van der Waals surface area contributed by atoms with E-state index in [9.17, 15) is 0 Å². The van der Waals surface area contributed by atoms with Gasteiger partial charge < -0.3 is 10.1 Å². The normalized spacial score (nSPS) is 14.1. The molecule has 1 aliphatic carbocycles. The molecule has 0 amide bonds. The molecule has 2 heteroatoms. The molecule has 2 nitrogen and oxygen atoms in total. The molecule has 0 spiro atoms. The second kappa shape index (κ2) is 5.79. The van der Waals surface area contributed by atoms with Crippen LogP contribution in [0, 0.1) is 5.92 Å². The van der Waals surface area contributed by atoms with Crippen LogP contribution in [0.4, 0.5) is 5.69 Å². The number of benzene rings is 2. The number of nitrogens with one attached hydrogen (secondary N) is 1. The Kier molecular flexibility index (Phi) is 3.68. The Bertz CT molecular complexity index is 520. The van der Waals surface area contributed by atoms with Crippen LogP contribution in [0.15, 0.2) is 54.6 Å². The van der Waals surface area contributed by atoms with E-state index < -0.39 is 0 Å². The molecule has 0 atom stereocenters. The fourth-order valence-electron chi connectivity index (χ4n) is 1.99. The summed E-state index contributed by atoms with van der Waals surface area (Å²) in [5.41, 5.74) is 2.39. The molecular formula is C17H19NO. The van der Waals surface area contributed by atoms with Crippen LogP contribution in [0.5, 0.6) is 5.75 Å². The number of anilines is 1. The molecule has 0 radical (unpaired) electrons. The van der Waals surface area contributed by atoms with Crippen LogP contribution >= 0.6 is 0 Å². The van der Waals surface area contributed by atoms with Crippen molar-refractivity contribution in [3.63, 3.8) is 0 Å². The van der Waals surface area contributed by atoms with E-state index in [0.717, 1.165) is 30.5 Å². The van der Waals surface area contributed by atoms with Gasteiger partial charge in [0.15, 0.2) is 0 Å². The van der Waals surface area contributed by atoms with Crippen LogP contribution in [0.25, 0.3) is 0 Å². The maximum Gasteiger partial charge on any atom is 0.121 e. The van der Waals surface area contributed by atoms with E-state index in [2.05, 4.69) is 41.7 Å². The van der Waals surface area contributed by atoms with Crippen molar-refractivity contribution in [3.05, 3.63) is 60.2 Å². The maximum absolute atomic E-state index is 5.78. The molecule has 0 saturated heterocycles. The molecule has 0 aromatic heterocycles. The van der Waals surface area contributed by atoms with Crippen molar-refractivity contribution in [1.29, 1.82) is 0 Å². The van der Waals surface area contributed by atoms with Crippen molar-refractivity contribution in [1.82, 2.24) is 0 Å². The smallest absolute Gasteiger partial charge is 0.121 e. The Morgan fingerprint density at radius 3 is 2.63 bits per heavy atom.